The van der Waals surface area contributed by atoms with E-state index in [1.54, 1.807) is 24.3 Å². The highest BCUT2D eigenvalue weighted by Gasteiger charge is 2.25. The van der Waals surface area contributed by atoms with Crippen molar-refractivity contribution in [2.24, 2.45) is 0 Å². The summed E-state index contributed by atoms with van der Waals surface area (Å²) in [6.07, 6.45) is -1.15. The number of benzene rings is 2. The third kappa shape index (κ3) is 3.20. The molecule has 0 aliphatic carbocycles. The van der Waals surface area contributed by atoms with E-state index < -0.39 is 11.0 Å². The van der Waals surface area contributed by atoms with Crippen LogP contribution in [0.4, 0.5) is 5.69 Å². The third-order valence-electron chi connectivity index (χ3n) is 3.19. The molecule has 0 unspecified atom stereocenters. The number of rotatable bonds is 5. The molecule has 1 N–H and O–H groups in total. The number of methoxy groups -OCH3 is 2. The number of hydrogen-bond donors (Lipinski definition) is 1. The van der Waals surface area contributed by atoms with Crippen LogP contribution in [0.3, 0.4) is 0 Å². The van der Waals surface area contributed by atoms with Crippen molar-refractivity contribution >= 4 is 21.6 Å². The largest absolute Gasteiger partial charge is 0.493 e. The van der Waals surface area contributed by atoms with E-state index in [4.69, 9.17) is 9.47 Å². The molecule has 0 bridgehead atoms. The fraction of sp³-hybridized carbons (Fsp3) is 0.200. The van der Waals surface area contributed by atoms with E-state index in [1.165, 1.54) is 26.4 Å². The summed E-state index contributed by atoms with van der Waals surface area (Å²) in [5.74, 6) is 0.552. The molecule has 1 atom stereocenters. The molecule has 0 spiro atoms. The smallest absolute Gasteiger partial charge is 0.279 e. The van der Waals surface area contributed by atoms with Crippen LogP contribution >= 0.6 is 15.9 Å². The predicted molar refractivity (Wildman–Crippen MR) is 84.4 cm³/mol. The van der Waals surface area contributed by atoms with Crippen LogP contribution in [0.25, 0.3) is 0 Å². The summed E-state index contributed by atoms with van der Waals surface area (Å²) in [7, 11) is 2.82. The molecule has 2 aromatic carbocycles. The summed E-state index contributed by atoms with van der Waals surface area (Å²) in [4.78, 5) is 10.7. The second-order valence-corrected chi connectivity index (χ2v) is 5.40. The highest BCUT2D eigenvalue weighted by molar-refractivity contribution is 9.10. The van der Waals surface area contributed by atoms with E-state index in [2.05, 4.69) is 15.9 Å². The Balaban J connectivity index is 2.59. The second kappa shape index (κ2) is 6.76. The van der Waals surface area contributed by atoms with Gasteiger partial charge in [0.1, 0.15) is 6.10 Å². The minimum atomic E-state index is -1.15. The first-order valence-electron chi connectivity index (χ1n) is 6.31. The van der Waals surface area contributed by atoms with Gasteiger partial charge in [-0.3, -0.25) is 10.1 Å². The maximum absolute atomic E-state index is 11.3. The molecule has 6 nitrogen and oxygen atoms in total. The van der Waals surface area contributed by atoms with Crippen LogP contribution in [-0.4, -0.2) is 24.2 Å². The lowest BCUT2D eigenvalue weighted by Gasteiger charge is -2.15. The number of hydrogen-bond acceptors (Lipinski definition) is 5. The van der Waals surface area contributed by atoms with Gasteiger partial charge in [0.15, 0.2) is 11.5 Å². The van der Waals surface area contributed by atoms with Gasteiger partial charge in [-0.25, -0.2) is 0 Å². The Bertz CT molecular complexity index is 704. The van der Waals surface area contributed by atoms with Crippen molar-refractivity contribution in [3.8, 4) is 11.5 Å². The molecule has 116 valence electrons. The van der Waals surface area contributed by atoms with Gasteiger partial charge in [-0.15, -0.1) is 0 Å². The zero-order valence-electron chi connectivity index (χ0n) is 11.9. The maximum atomic E-state index is 11.3. The fourth-order valence-electron chi connectivity index (χ4n) is 2.12. The molecule has 0 fully saturated rings. The van der Waals surface area contributed by atoms with Gasteiger partial charge >= 0.3 is 0 Å². The molecule has 2 aromatic rings. The highest BCUT2D eigenvalue weighted by Crippen LogP contribution is 2.39. The Morgan fingerprint density at radius 3 is 2.36 bits per heavy atom. The molecule has 0 saturated carbocycles. The topological polar surface area (TPSA) is 81.8 Å². The van der Waals surface area contributed by atoms with Crippen LogP contribution < -0.4 is 9.47 Å². The lowest BCUT2D eigenvalue weighted by atomic mass is 9.99. The molecule has 0 heterocycles. The fourth-order valence-corrected chi connectivity index (χ4v) is 2.53. The number of aliphatic hydroxyl groups excluding tert-OH is 1. The van der Waals surface area contributed by atoms with Crippen molar-refractivity contribution in [1.29, 1.82) is 0 Å². The van der Waals surface area contributed by atoms with E-state index in [1.807, 2.05) is 0 Å². The van der Waals surface area contributed by atoms with E-state index >= 15 is 0 Å². The molecular weight excluding hydrogens is 354 g/mol. The van der Waals surface area contributed by atoms with Gasteiger partial charge in [0, 0.05) is 4.47 Å². The number of nitro groups is 1. The molecular formula is C15H14BrNO5. The van der Waals surface area contributed by atoms with Crippen molar-refractivity contribution in [2.45, 2.75) is 6.10 Å². The summed E-state index contributed by atoms with van der Waals surface area (Å²) in [6.45, 7) is 0. The quantitative estimate of drug-likeness (QED) is 0.646. The van der Waals surface area contributed by atoms with Gasteiger partial charge < -0.3 is 14.6 Å². The van der Waals surface area contributed by atoms with E-state index in [0.717, 1.165) is 4.47 Å². The van der Waals surface area contributed by atoms with E-state index in [-0.39, 0.29) is 17.0 Å². The van der Waals surface area contributed by atoms with E-state index in [9.17, 15) is 15.2 Å². The molecule has 22 heavy (non-hydrogen) atoms. The minimum absolute atomic E-state index is 0.140. The van der Waals surface area contributed by atoms with Gasteiger partial charge in [0.25, 0.3) is 5.69 Å². The number of ether oxygens (including phenoxy) is 2. The Morgan fingerprint density at radius 1 is 1.18 bits per heavy atom. The first-order valence-corrected chi connectivity index (χ1v) is 7.11. The van der Waals surface area contributed by atoms with Gasteiger partial charge in [-0.05, 0) is 23.8 Å². The van der Waals surface area contributed by atoms with Gasteiger partial charge in [0.2, 0.25) is 0 Å². The zero-order chi connectivity index (χ0) is 16.3. The molecule has 0 radical (unpaired) electrons. The summed E-state index contributed by atoms with van der Waals surface area (Å²) in [6, 6.07) is 9.60. The number of nitrogens with zero attached hydrogens (tertiary/aromatic N) is 1. The third-order valence-corrected chi connectivity index (χ3v) is 3.68. The highest BCUT2D eigenvalue weighted by atomic mass is 79.9. The Hall–Kier alpha value is -2.12. The van der Waals surface area contributed by atoms with E-state index in [0.29, 0.717) is 11.3 Å². The first kappa shape index (κ1) is 16.3. The Labute approximate surface area is 135 Å². The molecule has 2 rings (SSSR count). The predicted octanol–water partition coefficient (Wildman–Crippen LogP) is 3.46. The molecule has 0 amide bonds. The summed E-state index contributed by atoms with van der Waals surface area (Å²) in [5, 5.41) is 21.8. The SMILES string of the molecule is COc1cc([C@H](O)c2cccc(Br)c2)c([N+](=O)[O-])cc1OC. The monoisotopic (exact) mass is 367 g/mol. The van der Waals surface area contributed by atoms with Crippen LogP contribution in [-0.2, 0) is 0 Å². The summed E-state index contributed by atoms with van der Waals surface area (Å²) >= 11 is 3.31. The van der Waals surface area contributed by atoms with Crippen LogP contribution in [0, 0.1) is 10.1 Å². The van der Waals surface area contributed by atoms with Crippen molar-refractivity contribution in [3.05, 3.63) is 62.1 Å². The zero-order valence-corrected chi connectivity index (χ0v) is 13.5. The second-order valence-electron chi connectivity index (χ2n) is 4.48. The van der Waals surface area contributed by atoms with Gasteiger partial charge in [0.05, 0.1) is 30.8 Å². The van der Waals surface area contributed by atoms with Gasteiger partial charge in [-0.1, -0.05) is 28.1 Å². The van der Waals surface area contributed by atoms with Crippen LogP contribution in [0.5, 0.6) is 11.5 Å². The summed E-state index contributed by atoms with van der Waals surface area (Å²) in [5.41, 5.74) is 0.440. The van der Waals surface area contributed by atoms with Crippen molar-refractivity contribution in [1.82, 2.24) is 0 Å². The van der Waals surface area contributed by atoms with Gasteiger partial charge in [-0.2, -0.15) is 0 Å². The van der Waals surface area contributed by atoms with Crippen molar-refractivity contribution < 1.29 is 19.5 Å². The Morgan fingerprint density at radius 2 is 1.82 bits per heavy atom. The number of aliphatic hydroxyl groups is 1. The van der Waals surface area contributed by atoms with Crippen molar-refractivity contribution in [3.63, 3.8) is 0 Å². The molecule has 7 heteroatoms. The molecule has 0 aliphatic rings. The maximum Gasteiger partial charge on any atom is 0.279 e. The minimum Gasteiger partial charge on any atom is -0.493 e. The average molecular weight is 368 g/mol. The summed E-state index contributed by atoms with van der Waals surface area (Å²) < 4.78 is 11.0. The number of nitro benzene ring substituents is 1. The number of halogens is 1. The first-order chi connectivity index (χ1) is 10.5. The molecule has 0 saturated heterocycles. The van der Waals surface area contributed by atoms with Crippen LogP contribution in [0.15, 0.2) is 40.9 Å². The average Bonchev–Trinajstić information content (AvgIpc) is 2.52. The lowest BCUT2D eigenvalue weighted by Crippen LogP contribution is -2.05. The Kier molecular flexibility index (Phi) is 4.99. The van der Waals surface area contributed by atoms with Crippen LogP contribution in [0.1, 0.15) is 17.2 Å². The molecule has 0 aromatic heterocycles. The standard InChI is InChI=1S/C15H14BrNO5/c1-21-13-7-11(12(17(19)20)8-14(13)22-2)15(18)9-4-3-5-10(16)6-9/h3-8,15,18H,1-2H3/t15-/m1/s1. The normalized spacial score (nSPS) is 11.8. The van der Waals surface area contributed by atoms with Crippen molar-refractivity contribution in [2.75, 3.05) is 14.2 Å². The molecule has 0 aliphatic heterocycles. The lowest BCUT2D eigenvalue weighted by molar-refractivity contribution is -0.386. The van der Waals surface area contributed by atoms with Crippen LogP contribution in [0.2, 0.25) is 0 Å².